The summed E-state index contributed by atoms with van der Waals surface area (Å²) in [6.45, 7) is 10.7. The molecule has 1 heterocycles. The fourth-order valence-corrected chi connectivity index (χ4v) is 5.01. The van der Waals surface area contributed by atoms with Gasteiger partial charge >= 0.3 is 0 Å². The van der Waals surface area contributed by atoms with Crippen LogP contribution in [0.1, 0.15) is 39.0 Å². The maximum atomic E-state index is 12.7. The smallest absolute Gasteiger partial charge is 0.244 e. The van der Waals surface area contributed by atoms with Crippen molar-refractivity contribution in [2.45, 2.75) is 45.6 Å². The van der Waals surface area contributed by atoms with E-state index >= 15 is 0 Å². The van der Waals surface area contributed by atoms with Crippen molar-refractivity contribution in [2.24, 2.45) is 5.92 Å². The van der Waals surface area contributed by atoms with E-state index < -0.39 is 10.0 Å². The van der Waals surface area contributed by atoms with E-state index in [1.807, 2.05) is 26.2 Å². The van der Waals surface area contributed by atoms with E-state index in [4.69, 9.17) is 0 Å². The van der Waals surface area contributed by atoms with Crippen molar-refractivity contribution in [3.05, 3.63) is 16.3 Å². The molecule has 6 heteroatoms. The van der Waals surface area contributed by atoms with Crippen LogP contribution in [0.25, 0.3) is 0 Å². The molecule has 1 aromatic rings. The quantitative estimate of drug-likeness (QED) is 0.712. The minimum Gasteiger partial charge on any atom is -0.312 e. The summed E-state index contributed by atoms with van der Waals surface area (Å²) < 4.78 is 27.0. The molecule has 20 heavy (non-hydrogen) atoms. The van der Waals surface area contributed by atoms with Gasteiger partial charge in [0.1, 0.15) is 0 Å². The van der Waals surface area contributed by atoms with Gasteiger partial charge in [0.2, 0.25) is 10.0 Å². The van der Waals surface area contributed by atoms with Gasteiger partial charge in [-0.05, 0) is 30.3 Å². The molecule has 0 aliphatic heterocycles. The number of thiophene rings is 1. The summed E-state index contributed by atoms with van der Waals surface area (Å²) in [5.74, 6) is 0.324. The van der Waals surface area contributed by atoms with Crippen LogP contribution in [0.4, 0.5) is 0 Å². The van der Waals surface area contributed by atoms with Crippen molar-refractivity contribution < 1.29 is 8.42 Å². The van der Waals surface area contributed by atoms with E-state index in [1.54, 1.807) is 10.4 Å². The molecule has 116 valence electrons. The standard InChI is InChI=1S/C14H26N2O2S2/c1-5-8-15-10-13-14(7-9-19-13)20(17,18)16(6-2)11-12(3)4/h7,9,12,15H,5-6,8,10-11H2,1-4H3. The third-order valence-electron chi connectivity index (χ3n) is 2.96. The van der Waals surface area contributed by atoms with E-state index in [0.717, 1.165) is 17.8 Å². The SMILES string of the molecule is CCCNCc1sccc1S(=O)(=O)N(CC)CC(C)C. The highest BCUT2D eigenvalue weighted by Crippen LogP contribution is 2.25. The molecule has 0 amide bonds. The molecule has 0 radical (unpaired) electrons. The third-order valence-corrected chi connectivity index (χ3v) is 6.03. The van der Waals surface area contributed by atoms with Crippen molar-refractivity contribution >= 4 is 21.4 Å². The Hall–Kier alpha value is -0.430. The van der Waals surface area contributed by atoms with E-state index in [2.05, 4.69) is 12.2 Å². The number of hydrogen-bond donors (Lipinski definition) is 1. The molecule has 0 spiro atoms. The first kappa shape index (κ1) is 17.6. The van der Waals surface area contributed by atoms with Gasteiger partial charge < -0.3 is 5.32 Å². The van der Waals surface area contributed by atoms with Crippen LogP contribution in [0.3, 0.4) is 0 Å². The number of nitrogens with one attached hydrogen (secondary N) is 1. The number of nitrogens with zero attached hydrogens (tertiary/aromatic N) is 1. The topological polar surface area (TPSA) is 49.4 Å². The molecule has 1 aromatic heterocycles. The Labute approximate surface area is 127 Å². The number of rotatable bonds is 9. The Morgan fingerprint density at radius 3 is 2.60 bits per heavy atom. The summed E-state index contributed by atoms with van der Waals surface area (Å²) in [5.41, 5.74) is 0. The fourth-order valence-electron chi connectivity index (χ4n) is 2.01. The van der Waals surface area contributed by atoms with Crippen LogP contribution in [0, 0.1) is 5.92 Å². The highest BCUT2D eigenvalue weighted by atomic mass is 32.2. The van der Waals surface area contributed by atoms with Crippen LogP contribution in [-0.4, -0.2) is 32.4 Å². The number of sulfonamides is 1. The summed E-state index contributed by atoms with van der Waals surface area (Å²) in [5, 5.41) is 5.14. The third kappa shape index (κ3) is 4.55. The number of hydrogen-bond acceptors (Lipinski definition) is 4. The maximum absolute atomic E-state index is 12.7. The fraction of sp³-hybridized carbons (Fsp3) is 0.714. The molecule has 0 saturated heterocycles. The van der Waals surface area contributed by atoms with E-state index in [9.17, 15) is 8.42 Å². The molecule has 0 fully saturated rings. The lowest BCUT2D eigenvalue weighted by molar-refractivity contribution is 0.380. The normalized spacial score (nSPS) is 12.5. The Morgan fingerprint density at radius 1 is 1.35 bits per heavy atom. The Balaban J connectivity index is 2.94. The van der Waals surface area contributed by atoms with Crippen molar-refractivity contribution in [2.75, 3.05) is 19.6 Å². The predicted molar refractivity (Wildman–Crippen MR) is 85.6 cm³/mol. The molecule has 0 aliphatic rings. The lowest BCUT2D eigenvalue weighted by Gasteiger charge is -2.22. The molecule has 4 nitrogen and oxygen atoms in total. The second-order valence-corrected chi connectivity index (χ2v) is 8.14. The Bertz CT molecular complexity index is 495. The van der Waals surface area contributed by atoms with Crippen LogP contribution in [0.5, 0.6) is 0 Å². The lowest BCUT2D eigenvalue weighted by Crippen LogP contribution is -2.34. The molecule has 0 bridgehead atoms. The molecule has 0 aliphatic carbocycles. The molecule has 0 unspecified atom stereocenters. The monoisotopic (exact) mass is 318 g/mol. The van der Waals surface area contributed by atoms with Gasteiger partial charge in [-0.1, -0.05) is 27.7 Å². The maximum Gasteiger partial charge on any atom is 0.244 e. The van der Waals surface area contributed by atoms with Gasteiger partial charge in [-0.2, -0.15) is 4.31 Å². The zero-order valence-electron chi connectivity index (χ0n) is 12.8. The van der Waals surface area contributed by atoms with Crippen molar-refractivity contribution in [3.8, 4) is 0 Å². The minimum absolute atomic E-state index is 0.324. The predicted octanol–water partition coefficient (Wildman–Crippen LogP) is 2.91. The lowest BCUT2D eigenvalue weighted by atomic mass is 10.2. The molecule has 1 N–H and O–H groups in total. The van der Waals surface area contributed by atoms with Crippen molar-refractivity contribution in [1.29, 1.82) is 0 Å². The van der Waals surface area contributed by atoms with Crippen LogP contribution < -0.4 is 5.32 Å². The van der Waals surface area contributed by atoms with E-state index in [0.29, 0.717) is 30.4 Å². The van der Waals surface area contributed by atoms with E-state index in [1.165, 1.54) is 11.3 Å². The summed E-state index contributed by atoms with van der Waals surface area (Å²) in [4.78, 5) is 1.37. The van der Waals surface area contributed by atoms with Gasteiger partial charge in [-0.15, -0.1) is 11.3 Å². The van der Waals surface area contributed by atoms with Crippen molar-refractivity contribution in [1.82, 2.24) is 9.62 Å². The average Bonchev–Trinajstić information content (AvgIpc) is 2.85. The summed E-state index contributed by atoms with van der Waals surface area (Å²) >= 11 is 1.51. The average molecular weight is 319 g/mol. The second-order valence-electron chi connectivity index (χ2n) is 5.23. The first-order valence-corrected chi connectivity index (χ1v) is 9.52. The molecule has 1 rings (SSSR count). The van der Waals surface area contributed by atoms with Crippen LogP contribution in [0.15, 0.2) is 16.3 Å². The van der Waals surface area contributed by atoms with Crippen LogP contribution in [-0.2, 0) is 16.6 Å². The minimum atomic E-state index is -3.37. The summed E-state index contributed by atoms with van der Waals surface area (Å²) in [6.07, 6.45) is 1.04. The molecule has 0 saturated carbocycles. The van der Waals surface area contributed by atoms with Gasteiger partial charge in [0, 0.05) is 24.5 Å². The first-order chi connectivity index (χ1) is 9.43. The van der Waals surface area contributed by atoms with Gasteiger partial charge in [0.05, 0.1) is 4.90 Å². The Kier molecular flexibility index (Phi) is 7.15. The largest absolute Gasteiger partial charge is 0.312 e. The molecular weight excluding hydrogens is 292 g/mol. The summed E-state index contributed by atoms with van der Waals surface area (Å²) in [7, 11) is -3.37. The van der Waals surface area contributed by atoms with Gasteiger partial charge in [-0.3, -0.25) is 0 Å². The zero-order chi connectivity index (χ0) is 15.2. The summed E-state index contributed by atoms with van der Waals surface area (Å²) in [6, 6.07) is 1.73. The van der Waals surface area contributed by atoms with E-state index in [-0.39, 0.29) is 0 Å². The van der Waals surface area contributed by atoms with Crippen molar-refractivity contribution in [3.63, 3.8) is 0 Å². The molecule has 0 aromatic carbocycles. The first-order valence-electron chi connectivity index (χ1n) is 7.20. The molecule has 0 atom stereocenters. The van der Waals surface area contributed by atoms with Gasteiger partial charge in [-0.25, -0.2) is 8.42 Å². The van der Waals surface area contributed by atoms with Crippen LogP contribution >= 0.6 is 11.3 Å². The van der Waals surface area contributed by atoms with Gasteiger partial charge in [0.25, 0.3) is 0 Å². The molecular formula is C14H26N2O2S2. The highest BCUT2D eigenvalue weighted by molar-refractivity contribution is 7.89. The zero-order valence-corrected chi connectivity index (χ0v) is 14.5. The Morgan fingerprint density at radius 2 is 2.05 bits per heavy atom. The van der Waals surface area contributed by atoms with Gasteiger partial charge in [0.15, 0.2) is 0 Å². The highest BCUT2D eigenvalue weighted by Gasteiger charge is 2.26. The second kappa shape index (κ2) is 8.12. The van der Waals surface area contributed by atoms with Crippen LogP contribution in [0.2, 0.25) is 0 Å².